The number of carbonyl (C=O) groups is 3. The number of carbonyl (C=O) groups excluding carboxylic acids is 3. The van der Waals surface area contributed by atoms with Crippen molar-refractivity contribution in [3.63, 3.8) is 0 Å². The largest absolute Gasteiger partial charge is 0.497 e. The van der Waals surface area contributed by atoms with Crippen molar-refractivity contribution in [2.75, 3.05) is 37.0 Å². The molecule has 59 heavy (non-hydrogen) atoms. The van der Waals surface area contributed by atoms with Crippen LogP contribution < -0.4 is 20.1 Å². The second-order valence-corrected chi connectivity index (χ2v) is 22.0. The monoisotopic (exact) mass is 835 g/mol. The Labute approximate surface area is 347 Å². The summed E-state index contributed by atoms with van der Waals surface area (Å²) in [5.41, 5.74) is 1.86. The molecule has 2 aromatic rings. The molecule has 3 saturated heterocycles. The molecule has 3 amide bonds. The molecular formula is C44H61N3O11Si. The number of aliphatic hydroxyl groups is 5. The molecule has 322 valence electrons. The van der Waals surface area contributed by atoms with Crippen LogP contribution in [-0.2, 0) is 29.5 Å². The molecule has 10 atom stereocenters. The molecule has 4 aliphatic rings. The average molecular weight is 836 g/mol. The van der Waals surface area contributed by atoms with Gasteiger partial charge in [0.25, 0.3) is 11.8 Å². The number of benzene rings is 2. The van der Waals surface area contributed by atoms with E-state index in [1.807, 2.05) is 44.2 Å². The van der Waals surface area contributed by atoms with Crippen molar-refractivity contribution in [2.45, 2.75) is 127 Å². The van der Waals surface area contributed by atoms with Gasteiger partial charge >= 0.3 is 0 Å². The van der Waals surface area contributed by atoms with E-state index < -0.39 is 62.3 Å². The van der Waals surface area contributed by atoms with Crippen molar-refractivity contribution in [3.8, 4) is 5.75 Å². The fourth-order valence-corrected chi connectivity index (χ4v) is 13.7. The highest BCUT2D eigenvalue weighted by Crippen LogP contribution is 2.60. The lowest BCUT2D eigenvalue weighted by atomic mass is 9.82. The van der Waals surface area contributed by atoms with Crippen molar-refractivity contribution in [1.29, 1.82) is 0 Å². The summed E-state index contributed by atoms with van der Waals surface area (Å²) in [4.78, 5) is 46.5. The van der Waals surface area contributed by atoms with Crippen LogP contribution in [0.1, 0.15) is 65.4 Å². The van der Waals surface area contributed by atoms with Crippen LogP contribution in [0.3, 0.4) is 0 Å². The van der Waals surface area contributed by atoms with Gasteiger partial charge in [-0.1, -0.05) is 60.6 Å². The molecule has 4 aliphatic heterocycles. The highest BCUT2D eigenvalue weighted by Gasteiger charge is 2.66. The Bertz CT molecular complexity index is 1930. The van der Waals surface area contributed by atoms with Crippen molar-refractivity contribution in [1.82, 2.24) is 4.90 Å². The maximum Gasteiger partial charge on any atom is 0.264 e. The van der Waals surface area contributed by atoms with Gasteiger partial charge in [-0.15, -0.1) is 0 Å². The molecule has 2 aromatic carbocycles. The van der Waals surface area contributed by atoms with Crippen molar-refractivity contribution in [3.05, 3.63) is 71.3 Å². The van der Waals surface area contributed by atoms with E-state index in [4.69, 9.17) is 14.2 Å². The zero-order valence-electron chi connectivity index (χ0n) is 35.1. The first-order chi connectivity index (χ1) is 28.0. The van der Waals surface area contributed by atoms with E-state index in [0.717, 1.165) is 30.0 Å². The molecule has 14 nitrogen and oxygen atoms in total. The molecule has 0 aliphatic carbocycles. The van der Waals surface area contributed by atoms with Gasteiger partial charge < -0.3 is 54.9 Å². The lowest BCUT2D eigenvalue weighted by Gasteiger charge is -2.37. The van der Waals surface area contributed by atoms with Crippen LogP contribution in [0, 0.1) is 5.92 Å². The van der Waals surface area contributed by atoms with Crippen LogP contribution in [0.4, 0.5) is 11.4 Å². The Morgan fingerprint density at radius 3 is 2.39 bits per heavy atom. The minimum Gasteiger partial charge on any atom is -0.497 e. The molecule has 0 radical (unpaired) electrons. The summed E-state index contributed by atoms with van der Waals surface area (Å²) in [6.07, 6.45) is -2.38. The average Bonchev–Trinajstić information content (AvgIpc) is 3.87. The molecule has 6 rings (SSSR count). The number of allylic oxidation sites excluding steroid dienone is 3. The lowest BCUT2D eigenvalue weighted by Crippen LogP contribution is -2.60. The van der Waals surface area contributed by atoms with Gasteiger partial charge in [0, 0.05) is 30.3 Å². The Morgan fingerprint density at radius 2 is 1.73 bits per heavy atom. The molecule has 4 heterocycles. The third-order valence-electron chi connectivity index (χ3n) is 12.9. The van der Waals surface area contributed by atoms with Gasteiger partial charge in [-0.3, -0.25) is 14.4 Å². The summed E-state index contributed by atoms with van der Waals surface area (Å²) in [6.45, 7) is 13.3. The van der Waals surface area contributed by atoms with Gasteiger partial charge in [-0.25, -0.2) is 0 Å². The van der Waals surface area contributed by atoms with Crippen LogP contribution in [-0.4, -0.2) is 126 Å². The van der Waals surface area contributed by atoms with Gasteiger partial charge in [-0.2, -0.15) is 0 Å². The first-order valence-corrected chi connectivity index (χ1v) is 23.7. The summed E-state index contributed by atoms with van der Waals surface area (Å²) in [5.74, 6) is -1.05. The van der Waals surface area contributed by atoms with Crippen LogP contribution in [0.5, 0.6) is 5.75 Å². The van der Waals surface area contributed by atoms with Crippen LogP contribution in [0.2, 0.25) is 18.6 Å². The number of amides is 3. The first-order valence-electron chi connectivity index (χ1n) is 20.6. The minimum atomic E-state index is -2.63. The number of hydrogen-bond acceptors (Lipinski definition) is 11. The third-order valence-corrected chi connectivity index (χ3v) is 17.3. The summed E-state index contributed by atoms with van der Waals surface area (Å²) in [5, 5.41) is 54.9. The number of ether oxygens (including phenoxy) is 3. The topological polar surface area (TPSA) is 199 Å². The standard InChI is InChI=1S/C44H61N3O11Si/c1-25(2)10-8-11-26(3)19-21-47-33-18-13-28(45-41(53)39-37(51)36(50)38(52)42(54)57-39)22-32(33)44(43(47)55)27(4)40(59(6,7)31-16-14-30(56-5)15-17-31)34(58-44)23-35(49)46-20-9-12-29(46)24-48/h10,13-19,22,27,29,34,36-40,42,48,50-52,54H,8-9,11-12,20-21,23-24H2,1-7H3,(H,45,53)/b26-19+/t27-,29-,34+,36-,37-,38+,39-,40-,42+,44+/m0/s1. The van der Waals surface area contributed by atoms with E-state index in [0.29, 0.717) is 30.0 Å². The second-order valence-electron chi connectivity index (χ2n) is 17.4. The molecule has 3 fully saturated rings. The Hall–Kier alpha value is -3.93. The molecule has 0 aromatic heterocycles. The Kier molecular flexibility index (Phi) is 13.6. The molecule has 15 heteroatoms. The van der Waals surface area contributed by atoms with E-state index >= 15 is 4.79 Å². The van der Waals surface area contributed by atoms with Crippen molar-refractivity contribution >= 4 is 42.4 Å². The van der Waals surface area contributed by atoms with Gasteiger partial charge in [0.1, 0.15) is 24.1 Å². The summed E-state index contributed by atoms with van der Waals surface area (Å²) < 4.78 is 17.9. The van der Waals surface area contributed by atoms with E-state index in [9.17, 15) is 35.1 Å². The highest BCUT2D eigenvalue weighted by atomic mass is 28.3. The summed E-state index contributed by atoms with van der Waals surface area (Å²) >= 11 is 0. The number of hydrogen-bond donors (Lipinski definition) is 6. The number of rotatable bonds is 13. The molecule has 0 unspecified atom stereocenters. The van der Waals surface area contributed by atoms with Crippen LogP contribution >= 0.6 is 0 Å². The van der Waals surface area contributed by atoms with Crippen molar-refractivity contribution in [2.24, 2.45) is 5.92 Å². The smallest absolute Gasteiger partial charge is 0.264 e. The zero-order chi connectivity index (χ0) is 43.0. The van der Waals surface area contributed by atoms with Crippen molar-refractivity contribution < 1.29 is 54.1 Å². The molecule has 6 N–H and O–H groups in total. The molecule has 0 saturated carbocycles. The normalized spacial score (nSPS) is 30.8. The fourth-order valence-electron chi connectivity index (χ4n) is 9.64. The summed E-state index contributed by atoms with van der Waals surface area (Å²) in [7, 11) is -1.01. The lowest BCUT2D eigenvalue weighted by molar-refractivity contribution is -0.274. The molecular weight excluding hydrogens is 775 g/mol. The fraction of sp³-hybridized carbons (Fsp3) is 0.568. The number of methoxy groups -OCH3 is 1. The number of aliphatic hydroxyl groups excluding tert-OH is 5. The number of likely N-dealkylation sites (tertiary alicyclic amines) is 1. The maximum absolute atomic E-state index is 15.3. The second kappa shape index (κ2) is 18.0. The van der Waals surface area contributed by atoms with E-state index in [1.54, 1.807) is 35.1 Å². The predicted octanol–water partition coefficient (Wildman–Crippen LogP) is 3.06. The minimum absolute atomic E-state index is 0.00959. The van der Waals surface area contributed by atoms with E-state index in [2.05, 4.69) is 38.3 Å². The van der Waals surface area contributed by atoms with Gasteiger partial charge in [0.05, 0.1) is 46.0 Å². The maximum atomic E-state index is 15.3. The quantitative estimate of drug-likeness (QED) is 0.128. The number of nitrogens with zero attached hydrogens (tertiary/aromatic N) is 2. The molecule has 1 spiro atoms. The Balaban J connectivity index is 1.43. The van der Waals surface area contributed by atoms with Gasteiger partial charge in [0.15, 0.2) is 18.0 Å². The first kappa shape index (κ1) is 44.6. The van der Waals surface area contributed by atoms with Crippen LogP contribution in [0.25, 0.3) is 0 Å². The van der Waals surface area contributed by atoms with E-state index in [-0.39, 0.29) is 48.7 Å². The molecule has 0 bridgehead atoms. The SMILES string of the molecule is COc1ccc([Si](C)(C)[C@@H]2[C@@H](CC(=O)N3CCC[C@H]3CO)O[C@]3(C(=O)N(C/C=C(\C)CCC=C(C)C)c4ccc(NC(=O)[C@H]5O[C@@H](O)[C@H](O)[C@@H](O)[C@@H]5O)cc43)[C@H]2C)cc1. The number of anilines is 2. The third kappa shape index (κ3) is 8.53. The number of nitrogens with one attached hydrogen (secondary N) is 1. The zero-order valence-corrected chi connectivity index (χ0v) is 36.1. The Morgan fingerprint density at radius 1 is 1.02 bits per heavy atom. The number of fused-ring (bicyclic) bond motifs is 2. The van der Waals surface area contributed by atoms with Gasteiger partial charge in [-0.05, 0) is 82.3 Å². The van der Waals surface area contributed by atoms with Crippen LogP contribution in [0.15, 0.2) is 65.8 Å². The van der Waals surface area contributed by atoms with E-state index in [1.165, 1.54) is 5.57 Å². The highest BCUT2D eigenvalue weighted by molar-refractivity contribution is 6.91. The summed E-state index contributed by atoms with van der Waals surface area (Å²) in [6, 6.07) is 12.7. The predicted molar refractivity (Wildman–Crippen MR) is 225 cm³/mol. The van der Waals surface area contributed by atoms with Gasteiger partial charge in [0.2, 0.25) is 5.91 Å².